The molecule has 0 fully saturated rings. The van der Waals surface area contributed by atoms with E-state index in [1.165, 1.54) is 24.0 Å². The van der Waals surface area contributed by atoms with Crippen LogP contribution in [0, 0.1) is 6.92 Å². The second-order valence-corrected chi connectivity index (χ2v) is 9.93. The first-order valence-corrected chi connectivity index (χ1v) is 11.9. The number of hydrogen-bond donors (Lipinski definition) is 0. The van der Waals surface area contributed by atoms with E-state index in [-0.39, 0.29) is 0 Å². The van der Waals surface area contributed by atoms with E-state index in [2.05, 4.69) is 23.1 Å². The minimum Gasteiger partial charge on any atom is -0.296 e. The van der Waals surface area contributed by atoms with E-state index in [9.17, 15) is 8.42 Å². The Balaban J connectivity index is 1.40. The molecule has 5 heteroatoms. The van der Waals surface area contributed by atoms with E-state index >= 15 is 0 Å². The van der Waals surface area contributed by atoms with Crippen LogP contribution < -0.4 is 0 Å². The molecule has 150 valence electrons. The summed E-state index contributed by atoms with van der Waals surface area (Å²) in [6.07, 6.45) is 4.35. The molecule has 4 rings (SSSR count). The molecule has 1 heterocycles. The smallest absolute Gasteiger partial charge is 0.243 e. The molecule has 1 aliphatic carbocycles. The molecule has 4 nitrogen and oxygen atoms in total. The van der Waals surface area contributed by atoms with Gasteiger partial charge in [-0.2, -0.15) is 4.31 Å². The van der Waals surface area contributed by atoms with E-state index in [4.69, 9.17) is 0 Å². The molecule has 0 amide bonds. The average Bonchev–Trinajstić information content (AvgIpc) is 3.13. The SMILES string of the molecule is CCN(CCCN1CCc2cccc3c2[C@@H]1CC3)S(=O)(=O)c1ccc(C)cc1. The zero-order chi connectivity index (χ0) is 19.7. The van der Waals surface area contributed by atoms with Crippen LogP contribution in [0.3, 0.4) is 0 Å². The first kappa shape index (κ1) is 19.6. The fourth-order valence-electron chi connectivity index (χ4n) is 4.78. The Kier molecular flexibility index (Phi) is 5.59. The van der Waals surface area contributed by atoms with Gasteiger partial charge >= 0.3 is 0 Å². The molecule has 2 aromatic carbocycles. The average molecular weight is 399 g/mol. The van der Waals surface area contributed by atoms with Crippen molar-refractivity contribution in [2.24, 2.45) is 0 Å². The third-order valence-corrected chi connectivity index (χ3v) is 8.27. The lowest BCUT2D eigenvalue weighted by atomic mass is 9.93. The van der Waals surface area contributed by atoms with Crippen LogP contribution in [0.5, 0.6) is 0 Å². The Morgan fingerprint density at radius 1 is 1.07 bits per heavy atom. The van der Waals surface area contributed by atoms with Gasteiger partial charge in [0.2, 0.25) is 10.0 Å². The molecule has 2 aromatic rings. The van der Waals surface area contributed by atoms with Crippen LogP contribution in [0.4, 0.5) is 0 Å². The van der Waals surface area contributed by atoms with Gasteiger partial charge in [0.05, 0.1) is 4.90 Å². The quantitative estimate of drug-likeness (QED) is 0.709. The highest BCUT2D eigenvalue weighted by molar-refractivity contribution is 7.89. The normalized spacial score (nSPS) is 19.2. The maximum atomic E-state index is 13.0. The van der Waals surface area contributed by atoms with Gasteiger partial charge in [-0.05, 0) is 61.4 Å². The van der Waals surface area contributed by atoms with Gasteiger partial charge in [0.15, 0.2) is 0 Å². The number of nitrogens with zero attached hydrogens (tertiary/aromatic N) is 2. The number of benzene rings is 2. The Bertz CT molecular complexity index is 938. The standard InChI is InChI=1S/C23H30N2O2S/c1-3-25(28(26,27)21-11-8-18(2)9-12-21)16-5-15-24-17-14-20-7-4-6-19-10-13-22(24)23(19)20/h4,6-9,11-12,22H,3,5,10,13-17H2,1-2H3/t22-/m0/s1. The minimum absolute atomic E-state index is 0.396. The van der Waals surface area contributed by atoms with E-state index in [0.717, 1.165) is 31.5 Å². The van der Waals surface area contributed by atoms with Crippen LogP contribution in [0.15, 0.2) is 47.4 Å². The summed E-state index contributed by atoms with van der Waals surface area (Å²) in [5.74, 6) is 0. The summed E-state index contributed by atoms with van der Waals surface area (Å²) in [5.41, 5.74) is 5.68. The molecule has 1 atom stereocenters. The summed E-state index contributed by atoms with van der Waals surface area (Å²) < 4.78 is 27.5. The Morgan fingerprint density at radius 3 is 2.50 bits per heavy atom. The molecule has 1 aliphatic heterocycles. The lowest BCUT2D eigenvalue weighted by Gasteiger charge is -2.35. The van der Waals surface area contributed by atoms with Crippen LogP contribution in [-0.2, 0) is 22.9 Å². The first-order valence-electron chi connectivity index (χ1n) is 10.4. The van der Waals surface area contributed by atoms with Crippen LogP contribution >= 0.6 is 0 Å². The lowest BCUT2D eigenvalue weighted by Crippen LogP contribution is -2.38. The number of sulfonamides is 1. The van der Waals surface area contributed by atoms with Gasteiger partial charge in [-0.3, -0.25) is 4.90 Å². The molecular formula is C23H30N2O2S. The molecule has 0 unspecified atom stereocenters. The third kappa shape index (κ3) is 3.63. The van der Waals surface area contributed by atoms with Crippen molar-refractivity contribution in [3.8, 4) is 0 Å². The Morgan fingerprint density at radius 2 is 1.79 bits per heavy atom. The minimum atomic E-state index is -3.41. The predicted octanol–water partition coefficient (Wildman–Crippen LogP) is 3.94. The van der Waals surface area contributed by atoms with Crippen molar-refractivity contribution in [1.29, 1.82) is 0 Å². The van der Waals surface area contributed by atoms with Crippen molar-refractivity contribution in [2.75, 3.05) is 26.2 Å². The number of rotatable bonds is 7. The molecule has 28 heavy (non-hydrogen) atoms. The van der Waals surface area contributed by atoms with E-state index in [1.807, 2.05) is 26.0 Å². The topological polar surface area (TPSA) is 40.6 Å². The Hall–Kier alpha value is -1.69. The summed E-state index contributed by atoms with van der Waals surface area (Å²) >= 11 is 0. The second kappa shape index (κ2) is 7.97. The molecule has 0 spiro atoms. The van der Waals surface area contributed by atoms with Gasteiger partial charge in [-0.15, -0.1) is 0 Å². The van der Waals surface area contributed by atoms with Crippen LogP contribution in [0.2, 0.25) is 0 Å². The van der Waals surface area contributed by atoms with Gasteiger partial charge in [0, 0.05) is 32.2 Å². The van der Waals surface area contributed by atoms with Crippen molar-refractivity contribution >= 4 is 10.0 Å². The highest BCUT2D eigenvalue weighted by atomic mass is 32.2. The molecule has 0 aromatic heterocycles. The van der Waals surface area contributed by atoms with Crippen molar-refractivity contribution in [2.45, 2.75) is 50.5 Å². The van der Waals surface area contributed by atoms with Gasteiger partial charge in [0.25, 0.3) is 0 Å². The number of hydrogen-bond acceptors (Lipinski definition) is 3. The summed E-state index contributed by atoms with van der Waals surface area (Å²) in [6, 6.07) is 14.4. The van der Waals surface area contributed by atoms with Gasteiger partial charge in [-0.25, -0.2) is 8.42 Å². The van der Waals surface area contributed by atoms with Crippen molar-refractivity contribution in [3.63, 3.8) is 0 Å². The zero-order valence-corrected chi connectivity index (χ0v) is 17.7. The van der Waals surface area contributed by atoms with Crippen LogP contribution in [0.1, 0.15) is 48.1 Å². The molecule has 0 saturated heterocycles. The van der Waals surface area contributed by atoms with Crippen molar-refractivity contribution < 1.29 is 8.42 Å². The second-order valence-electron chi connectivity index (χ2n) is 7.99. The van der Waals surface area contributed by atoms with Crippen LogP contribution in [0.25, 0.3) is 0 Å². The fourth-order valence-corrected chi connectivity index (χ4v) is 6.26. The predicted molar refractivity (Wildman–Crippen MR) is 113 cm³/mol. The van der Waals surface area contributed by atoms with E-state index < -0.39 is 10.0 Å². The van der Waals surface area contributed by atoms with Gasteiger partial charge < -0.3 is 0 Å². The molecule has 0 bridgehead atoms. The van der Waals surface area contributed by atoms with E-state index in [0.29, 0.717) is 24.0 Å². The summed E-state index contributed by atoms with van der Waals surface area (Å²) in [5, 5.41) is 0. The fraction of sp³-hybridized carbons (Fsp3) is 0.478. The largest absolute Gasteiger partial charge is 0.296 e. The van der Waals surface area contributed by atoms with Gasteiger partial charge in [0.1, 0.15) is 0 Å². The molecule has 0 N–H and O–H groups in total. The van der Waals surface area contributed by atoms with Gasteiger partial charge in [-0.1, -0.05) is 42.8 Å². The van der Waals surface area contributed by atoms with Crippen molar-refractivity contribution in [3.05, 3.63) is 64.7 Å². The summed E-state index contributed by atoms with van der Waals surface area (Å²) in [4.78, 5) is 2.97. The highest BCUT2D eigenvalue weighted by Crippen LogP contribution is 2.41. The zero-order valence-electron chi connectivity index (χ0n) is 16.9. The lowest BCUT2D eigenvalue weighted by molar-refractivity contribution is 0.179. The summed E-state index contributed by atoms with van der Waals surface area (Å²) in [7, 11) is -3.41. The maximum absolute atomic E-state index is 13.0. The van der Waals surface area contributed by atoms with E-state index in [1.54, 1.807) is 22.0 Å². The maximum Gasteiger partial charge on any atom is 0.243 e. The third-order valence-electron chi connectivity index (χ3n) is 6.28. The molecule has 0 radical (unpaired) electrons. The first-order chi connectivity index (χ1) is 13.5. The monoisotopic (exact) mass is 398 g/mol. The van der Waals surface area contributed by atoms with Crippen molar-refractivity contribution in [1.82, 2.24) is 9.21 Å². The van der Waals surface area contributed by atoms with Crippen LogP contribution in [-0.4, -0.2) is 43.8 Å². The highest BCUT2D eigenvalue weighted by Gasteiger charge is 2.33. The molecule has 2 aliphatic rings. The number of aryl methyl sites for hydroxylation is 2. The molecule has 0 saturated carbocycles. The molecular weight excluding hydrogens is 368 g/mol. The Labute approximate surface area is 169 Å². The summed E-state index contributed by atoms with van der Waals surface area (Å²) in [6.45, 7) is 7.01.